The summed E-state index contributed by atoms with van der Waals surface area (Å²) >= 11 is 0. The Hall–Kier alpha value is -0.790. The lowest BCUT2D eigenvalue weighted by Gasteiger charge is -2.60. The Balaban J connectivity index is 1.57. The fourth-order valence-electron chi connectivity index (χ4n) is 7.88. The van der Waals surface area contributed by atoms with Gasteiger partial charge in [-0.05, 0) is 101 Å². The van der Waals surface area contributed by atoms with Gasteiger partial charge in [0, 0.05) is 12.3 Å². The number of hydrogen-bond acceptors (Lipinski definition) is 2. The molecule has 0 N–H and O–H groups in total. The van der Waals surface area contributed by atoms with E-state index in [-0.39, 0.29) is 17.5 Å². The monoisotopic (exact) mass is 358 g/mol. The largest absolute Gasteiger partial charge is 0.462 e. The van der Waals surface area contributed by atoms with Crippen molar-refractivity contribution in [2.24, 2.45) is 34.5 Å². The molecule has 0 spiro atoms. The Kier molecular flexibility index (Phi) is 4.56. The van der Waals surface area contributed by atoms with Gasteiger partial charge in [-0.25, -0.2) is 0 Å². The van der Waals surface area contributed by atoms with Crippen molar-refractivity contribution in [1.82, 2.24) is 0 Å². The maximum absolute atomic E-state index is 11.6. The molecule has 4 rings (SSSR count). The molecule has 0 aromatic heterocycles. The van der Waals surface area contributed by atoms with Gasteiger partial charge in [-0.15, -0.1) is 0 Å². The molecular weight excluding hydrogens is 320 g/mol. The molecule has 4 aliphatic rings. The molecule has 4 fully saturated rings. The van der Waals surface area contributed by atoms with Gasteiger partial charge in [0.2, 0.25) is 0 Å². The average Bonchev–Trinajstić information content (AvgIpc) is 2.90. The third-order valence-electron chi connectivity index (χ3n) is 9.45. The standard InChI is InChI=1S/C24H38O2/c1-15(2)17-10-12-23(4)18(14-17)6-7-19-20-8-9-22(26-16(3)25)24(20,5)13-11-21(19)23/h18-22H,6-14H2,1-5H3/t18-,19-,20+,21-,22-,23-,24-/m0/s1. The highest BCUT2D eigenvalue weighted by Gasteiger charge is 2.60. The van der Waals surface area contributed by atoms with Crippen LogP contribution in [0.5, 0.6) is 0 Å². The van der Waals surface area contributed by atoms with Gasteiger partial charge in [0.05, 0.1) is 0 Å². The number of fused-ring (bicyclic) bond motifs is 5. The van der Waals surface area contributed by atoms with Crippen molar-refractivity contribution in [3.63, 3.8) is 0 Å². The average molecular weight is 359 g/mol. The maximum Gasteiger partial charge on any atom is 0.302 e. The molecular formula is C24H38O2. The molecule has 4 aliphatic carbocycles. The molecule has 0 amide bonds. The summed E-state index contributed by atoms with van der Waals surface area (Å²) in [6, 6.07) is 0. The van der Waals surface area contributed by atoms with Crippen LogP contribution in [0.25, 0.3) is 0 Å². The van der Waals surface area contributed by atoms with Crippen LogP contribution in [0, 0.1) is 34.5 Å². The zero-order chi connectivity index (χ0) is 18.7. The number of hydrogen-bond donors (Lipinski definition) is 0. The minimum atomic E-state index is -0.0869. The van der Waals surface area contributed by atoms with E-state index in [9.17, 15) is 4.79 Å². The highest BCUT2D eigenvalue weighted by molar-refractivity contribution is 5.66. The van der Waals surface area contributed by atoms with E-state index in [0.717, 1.165) is 30.1 Å². The second-order valence-electron chi connectivity index (χ2n) is 10.7. The zero-order valence-corrected chi connectivity index (χ0v) is 17.6. The van der Waals surface area contributed by atoms with Crippen molar-refractivity contribution >= 4 is 5.97 Å². The van der Waals surface area contributed by atoms with E-state index in [1.807, 2.05) is 0 Å². The molecule has 4 saturated carbocycles. The molecule has 0 heterocycles. The van der Waals surface area contributed by atoms with E-state index in [2.05, 4.69) is 27.7 Å². The Morgan fingerprint density at radius 3 is 2.35 bits per heavy atom. The van der Waals surface area contributed by atoms with Crippen LogP contribution < -0.4 is 0 Å². The van der Waals surface area contributed by atoms with E-state index in [4.69, 9.17) is 4.74 Å². The lowest BCUT2D eigenvalue weighted by molar-refractivity contribution is -0.160. The number of rotatable bonds is 1. The van der Waals surface area contributed by atoms with Crippen molar-refractivity contribution in [1.29, 1.82) is 0 Å². The van der Waals surface area contributed by atoms with E-state index < -0.39 is 0 Å². The predicted molar refractivity (Wildman–Crippen MR) is 106 cm³/mol. The summed E-state index contributed by atoms with van der Waals surface area (Å²) in [7, 11) is 0. The summed E-state index contributed by atoms with van der Waals surface area (Å²) in [5.74, 6) is 3.35. The van der Waals surface area contributed by atoms with Crippen molar-refractivity contribution in [2.75, 3.05) is 0 Å². The SMILES string of the molecule is CC(=O)O[C@H]1CC[C@@H]2[C@@H]3CC[C@H]4CC(=C(C)C)CC[C@]4(C)[C@H]3CC[C@]12C. The maximum atomic E-state index is 11.6. The predicted octanol–water partition coefficient (Wildman–Crippen LogP) is 6.30. The highest BCUT2D eigenvalue weighted by Crippen LogP contribution is 2.67. The Morgan fingerprint density at radius 2 is 1.65 bits per heavy atom. The second-order valence-corrected chi connectivity index (χ2v) is 10.7. The minimum Gasteiger partial charge on any atom is -0.462 e. The minimum absolute atomic E-state index is 0.0869. The Morgan fingerprint density at radius 1 is 0.923 bits per heavy atom. The summed E-state index contributed by atoms with van der Waals surface area (Å²) in [5.41, 5.74) is 4.10. The van der Waals surface area contributed by atoms with Crippen LogP contribution in [-0.4, -0.2) is 12.1 Å². The first-order valence-corrected chi connectivity index (χ1v) is 11.1. The molecule has 0 aromatic rings. The Bertz CT molecular complexity index is 616. The van der Waals surface area contributed by atoms with E-state index in [1.54, 1.807) is 18.1 Å². The number of allylic oxidation sites excluding steroid dienone is 2. The van der Waals surface area contributed by atoms with E-state index in [0.29, 0.717) is 5.41 Å². The first kappa shape index (κ1) is 18.6. The molecule has 0 unspecified atom stereocenters. The molecule has 7 atom stereocenters. The van der Waals surface area contributed by atoms with Gasteiger partial charge in [0.15, 0.2) is 0 Å². The van der Waals surface area contributed by atoms with Gasteiger partial charge in [-0.3, -0.25) is 4.79 Å². The molecule has 26 heavy (non-hydrogen) atoms. The molecule has 0 saturated heterocycles. The molecule has 0 aromatic carbocycles. The van der Waals surface area contributed by atoms with Gasteiger partial charge < -0.3 is 4.74 Å². The van der Waals surface area contributed by atoms with Gasteiger partial charge in [-0.1, -0.05) is 25.0 Å². The topological polar surface area (TPSA) is 26.3 Å². The lowest BCUT2D eigenvalue weighted by atomic mass is 9.45. The van der Waals surface area contributed by atoms with Crippen molar-refractivity contribution in [3.8, 4) is 0 Å². The van der Waals surface area contributed by atoms with Crippen LogP contribution in [0.4, 0.5) is 0 Å². The van der Waals surface area contributed by atoms with Crippen LogP contribution in [0.1, 0.15) is 92.4 Å². The van der Waals surface area contributed by atoms with Crippen molar-refractivity contribution in [3.05, 3.63) is 11.1 Å². The molecule has 0 radical (unpaired) electrons. The molecule has 0 bridgehead atoms. The summed E-state index contributed by atoms with van der Waals surface area (Å²) in [4.78, 5) is 11.6. The number of carbonyl (C=O) groups excluding carboxylic acids is 1. The quantitative estimate of drug-likeness (QED) is 0.406. The van der Waals surface area contributed by atoms with Crippen molar-refractivity contribution in [2.45, 2.75) is 98.5 Å². The van der Waals surface area contributed by atoms with Gasteiger partial charge in [-0.2, -0.15) is 0 Å². The number of carbonyl (C=O) groups is 1. The Labute approximate surface area is 160 Å². The van der Waals surface area contributed by atoms with Crippen LogP contribution in [-0.2, 0) is 9.53 Å². The van der Waals surface area contributed by atoms with Crippen LogP contribution >= 0.6 is 0 Å². The smallest absolute Gasteiger partial charge is 0.302 e. The van der Waals surface area contributed by atoms with E-state index >= 15 is 0 Å². The molecule has 146 valence electrons. The van der Waals surface area contributed by atoms with Gasteiger partial charge in [0.1, 0.15) is 6.10 Å². The number of esters is 1. The fourth-order valence-corrected chi connectivity index (χ4v) is 7.88. The summed E-state index contributed by atoms with van der Waals surface area (Å²) in [6.45, 7) is 11.3. The normalized spacial score (nSPS) is 47.6. The van der Waals surface area contributed by atoms with Crippen LogP contribution in [0.15, 0.2) is 11.1 Å². The van der Waals surface area contributed by atoms with Gasteiger partial charge in [0.25, 0.3) is 0 Å². The fraction of sp³-hybridized carbons (Fsp3) is 0.875. The second kappa shape index (κ2) is 6.38. The van der Waals surface area contributed by atoms with Crippen molar-refractivity contribution < 1.29 is 9.53 Å². The zero-order valence-electron chi connectivity index (χ0n) is 17.6. The third kappa shape index (κ3) is 2.69. The van der Waals surface area contributed by atoms with Crippen LogP contribution in [0.3, 0.4) is 0 Å². The van der Waals surface area contributed by atoms with Crippen LogP contribution in [0.2, 0.25) is 0 Å². The third-order valence-corrected chi connectivity index (χ3v) is 9.45. The highest BCUT2D eigenvalue weighted by atomic mass is 16.5. The van der Waals surface area contributed by atoms with E-state index in [1.165, 1.54) is 51.4 Å². The first-order chi connectivity index (χ1) is 12.3. The molecule has 2 nitrogen and oxygen atoms in total. The van der Waals surface area contributed by atoms with Gasteiger partial charge >= 0.3 is 5.97 Å². The lowest BCUT2D eigenvalue weighted by Crippen LogP contribution is -2.53. The molecule has 2 heteroatoms. The summed E-state index contributed by atoms with van der Waals surface area (Å²) in [5, 5.41) is 0. The number of ether oxygens (including phenoxy) is 1. The summed E-state index contributed by atoms with van der Waals surface area (Å²) in [6.07, 6.45) is 12.1. The summed E-state index contributed by atoms with van der Waals surface area (Å²) < 4.78 is 5.79. The first-order valence-electron chi connectivity index (χ1n) is 11.1. The molecule has 0 aliphatic heterocycles.